The maximum atomic E-state index is 12.7. The molecule has 21 heavy (non-hydrogen) atoms. The van der Waals surface area contributed by atoms with Crippen molar-refractivity contribution in [2.75, 3.05) is 19.6 Å². The molecule has 0 bridgehead atoms. The molecule has 3 heterocycles. The van der Waals surface area contributed by atoms with Gasteiger partial charge in [-0.1, -0.05) is 6.92 Å². The molecule has 0 radical (unpaired) electrons. The first-order valence-corrected chi connectivity index (χ1v) is 7.25. The summed E-state index contributed by atoms with van der Waals surface area (Å²) in [4.78, 5) is 18.9. The molecule has 2 aromatic rings. The Hall–Kier alpha value is -1.95. The van der Waals surface area contributed by atoms with E-state index in [-0.39, 0.29) is 11.3 Å². The first-order chi connectivity index (χ1) is 9.93. The van der Waals surface area contributed by atoms with Gasteiger partial charge in [0.15, 0.2) is 5.65 Å². The zero-order chi connectivity index (χ0) is 15.2. The summed E-state index contributed by atoms with van der Waals surface area (Å²) in [6, 6.07) is 1.91. The van der Waals surface area contributed by atoms with E-state index in [4.69, 9.17) is 5.73 Å². The Labute approximate surface area is 123 Å². The molecular weight excluding hydrogens is 266 g/mol. The third-order valence-corrected chi connectivity index (χ3v) is 4.41. The van der Waals surface area contributed by atoms with Crippen molar-refractivity contribution in [1.29, 1.82) is 0 Å². The summed E-state index contributed by atoms with van der Waals surface area (Å²) in [6.07, 6.45) is 2.61. The molecule has 1 atom stereocenters. The van der Waals surface area contributed by atoms with E-state index in [1.165, 1.54) is 0 Å². The van der Waals surface area contributed by atoms with Gasteiger partial charge in [0, 0.05) is 25.4 Å². The number of rotatable bonds is 2. The monoisotopic (exact) mass is 287 g/mol. The highest BCUT2D eigenvalue weighted by molar-refractivity contribution is 5.95. The fraction of sp³-hybridized carbons (Fsp3) is 0.533. The van der Waals surface area contributed by atoms with Crippen molar-refractivity contribution < 1.29 is 4.79 Å². The minimum absolute atomic E-state index is 0.0206. The molecule has 0 aromatic carbocycles. The van der Waals surface area contributed by atoms with Crippen LogP contribution >= 0.6 is 0 Å². The lowest BCUT2D eigenvalue weighted by atomic mass is 9.90. The van der Waals surface area contributed by atoms with Crippen molar-refractivity contribution in [2.45, 2.75) is 27.2 Å². The predicted octanol–water partition coefficient (Wildman–Crippen LogP) is 1.16. The summed E-state index contributed by atoms with van der Waals surface area (Å²) < 4.78 is 1.74. The molecule has 1 fully saturated rings. The number of carbonyl (C=O) groups is 1. The van der Waals surface area contributed by atoms with Crippen LogP contribution in [-0.4, -0.2) is 45.0 Å². The lowest BCUT2D eigenvalue weighted by Gasteiger charge is -2.23. The smallest absolute Gasteiger partial charge is 0.257 e. The number of hydrogen-bond acceptors (Lipinski definition) is 4. The molecule has 1 aliphatic heterocycles. The van der Waals surface area contributed by atoms with Crippen LogP contribution in [0.3, 0.4) is 0 Å². The van der Waals surface area contributed by atoms with Gasteiger partial charge >= 0.3 is 0 Å². The number of fused-ring (bicyclic) bond motifs is 1. The number of nitrogens with two attached hydrogens (primary N) is 1. The molecule has 2 N–H and O–H groups in total. The van der Waals surface area contributed by atoms with E-state index in [0.717, 1.165) is 30.0 Å². The fourth-order valence-corrected chi connectivity index (χ4v) is 2.91. The molecule has 3 rings (SSSR count). The number of amides is 1. The maximum absolute atomic E-state index is 12.7. The van der Waals surface area contributed by atoms with Crippen LogP contribution < -0.4 is 5.73 Å². The van der Waals surface area contributed by atoms with E-state index in [1.54, 1.807) is 10.7 Å². The zero-order valence-electron chi connectivity index (χ0n) is 12.8. The molecule has 1 amide bonds. The molecule has 1 saturated heterocycles. The molecule has 0 aliphatic carbocycles. The highest BCUT2D eigenvalue weighted by Gasteiger charge is 2.35. The van der Waals surface area contributed by atoms with E-state index in [9.17, 15) is 4.79 Å². The van der Waals surface area contributed by atoms with Crippen LogP contribution in [0.2, 0.25) is 0 Å². The Morgan fingerprint density at radius 1 is 1.48 bits per heavy atom. The van der Waals surface area contributed by atoms with Crippen molar-refractivity contribution in [3.05, 3.63) is 29.2 Å². The summed E-state index contributed by atoms with van der Waals surface area (Å²) in [5.41, 5.74) is 8.96. The SMILES string of the molecule is Cc1cc2ncc(C(=O)N3CCC(C)(CN)C3)c(C)n2n1. The largest absolute Gasteiger partial charge is 0.338 e. The van der Waals surface area contributed by atoms with E-state index in [1.807, 2.05) is 24.8 Å². The number of aryl methyl sites for hydroxylation is 2. The Morgan fingerprint density at radius 3 is 2.90 bits per heavy atom. The molecule has 0 saturated carbocycles. The van der Waals surface area contributed by atoms with E-state index in [2.05, 4.69) is 17.0 Å². The lowest BCUT2D eigenvalue weighted by Crippen LogP contribution is -2.35. The van der Waals surface area contributed by atoms with Gasteiger partial charge in [0.1, 0.15) is 0 Å². The number of nitrogens with zero attached hydrogens (tertiary/aromatic N) is 4. The van der Waals surface area contributed by atoms with Gasteiger partial charge in [-0.15, -0.1) is 0 Å². The third-order valence-electron chi connectivity index (χ3n) is 4.41. The number of likely N-dealkylation sites (tertiary alicyclic amines) is 1. The van der Waals surface area contributed by atoms with Crippen molar-refractivity contribution in [3.8, 4) is 0 Å². The first kappa shape index (κ1) is 14.0. The maximum Gasteiger partial charge on any atom is 0.257 e. The molecule has 2 aromatic heterocycles. The normalized spacial score (nSPS) is 22.2. The first-order valence-electron chi connectivity index (χ1n) is 7.25. The minimum atomic E-state index is 0.0206. The summed E-state index contributed by atoms with van der Waals surface area (Å²) in [5.74, 6) is 0.0206. The number of carbonyl (C=O) groups excluding carboxylic acids is 1. The topological polar surface area (TPSA) is 76.5 Å². The van der Waals surface area contributed by atoms with E-state index < -0.39 is 0 Å². The standard InChI is InChI=1S/C15H21N5O/c1-10-6-13-17-7-12(11(2)20(13)18-10)14(21)19-5-4-15(3,8-16)9-19/h6-7H,4-5,8-9,16H2,1-3H3. The third kappa shape index (κ3) is 2.29. The zero-order valence-corrected chi connectivity index (χ0v) is 12.8. The Morgan fingerprint density at radius 2 is 2.24 bits per heavy atom. The van der Waals surface area contributed by atoms with Crippen LogP contribution in [0.4, 0.5) is 0 Å². The quantitative estimate of drug-likeness (QED) is 0.899. The summed E-state index contributed by atoms with van der Waals surface area (Å²) in [6.45, 7) is 8.02. The average molecular weight is 287 g/mol. The van der Waals surface area contributed by atoms with Gasteiger partial charge in [0.05, 0.1) is 17.0 Å². The molecule has 1 aliphatic rings. The highest BCUT2D eigenvalue weighted by atomic mass is 16.2. The molecule has 1 unspecified atom stereocenters. The van der Waals surface area contributed by atoms with Crippen molar-refractivity contribution >= 4 is 11.6 Å². The predicted molar refractivity (Wildman–Crippen MR) is 80.1 cm³/mol. The summed E-state index contributed by atoms with van der Waals surface area (Å²) in [7, 11) is 0. The summed E-state index contributed by atoms with van der Waals surface area (Å²) in [5, 5.41) is 4.39. The van der Waals surface area contributed by atoms with Crippen LogP contribution in [-0.2, 0) is 0 Å². The molecular formula is C15H21N5O. The number of aromatic nitrogens is 3. The van der Waals surface area contributed by atoms with Crippen molar-refractivity contribution in [2.24, 2.45) is 11.1 Å². The number of hydrogen-bond donors (Lipinski definition) is 1. The van der Waals surface area contributed by atoms with Crippen LogP contribution in [0.1, 0.15) is 35.1 Å². The summed E-state index contributed by atoms with van der Waals surface area (Å²) >= 11 is 0. The molecule has 0 spiro atoms. The average Bonchev–Trinajstić information content (AvgIpc) is 3.03. The van der Waals surface area contributed by atoms with Crippen LogP contribution in [0.15, 0.2) is 12.3 Å². The Balaban J connectivity index is 1.94. The van der Waals surface area contributed by atoms with Gasteiger partial charge in [-0.2, -0.15) is 5.10 Å². The van der Waals surface area contributed by atoms with Crippen LogP contribution in [0, 0.1) is 19.3 Å². The van der Waals surface area contributed by atoms with Gasteiger partial charge in [-0.3, -0.25) is 4.79 Å². The van der Waals surface area contributed by atoms with Crippen molar-refractivity contribution in [1.82, 2.24) is 19.5 Å². The molecule has 112 valence electrons. The van der Waals surface area contributed by atoms with Gasteiger partial charge in [0.2, 0.25) is 0 Å². The second-order valence-corrected chi connectivity index (χ2v) is 6.30. The van der Waals surface area contributed by atoms with Gasteiger partial charge in [0.25, 0.3) is 5.91 Å². The molecule has 6 heteroatoms. The second-order valence-electron chi connectivity index (χ2n) is 6.30. The van der Waals surface area contributed by atoms with Gasteiger partial charge in [-0.05, 0) is 32.2 Å². The van der Waals surface area contributed by atoms with Crippen LogP contribution in [0.5, 0.6) is 0 Å². The molecule has 6 nitrogen and oxygen atoms in total. The van der Waals surface area contributed by atoms with Crippen molar-refractivity contribution in [3.63, 3.8) is 0 Å². The highest BCUT2D eigenvalue weighted by Crippen LogP contribution is 2.29. The lowest BCUT2D eigenvalue weighted by molar-refractivity contribution is 0.0775. The van der Waals surface area contributed by atoms with E-state index in [0.29, 0.717) is 18.7 Å². The second kappa shape index (κ2) is 4.80. The fourth-order valence-electron chi connectivity index (χ4n) is 2.91. The van der Waals surface area contributed by atoms with Gasteiger partial charge in [-0.25, -0.2) is 9.50 Å². The Bertz CT molecular complexity index is 707. The Kier molecular flexibility index (Phi) is 3.20. The van der Waals surface area contributed by atoms with Gasteiger partial charge < -0.3 is 10.6 Å². The minimum Gasteiger partial charge on any atom is -0.338 e. The van der Waals surface area contributed by atoms with E-state index >= 15 is 0 Å². The van der Waals surface area contributed by atoms with Crippen LogP contribution in [0.25, 0.3) is 5.65 Å².